The largest absolute Gasteiger partial charge is 0.396 e. The number of carbonyl (C=O) groups is 2. The molecule has 0 bridgehead atoms. The standard InChI is InChI=1S/C16H8Cl4F4N2O2/c17-7-1-3-11(9(19)5-7)25-13(27)15(21,22)16(23,24)14(28)26-12-4-2-8(18)6-10(12)20/h1-6H,(H,25,27)(H,26,28). The summed E-state index contributed by atoms with van der Waals surface area (Å²) in [5.74, 6) is -15.7. The van der Waals surface area contributed by atoms with Crippen LogP contribution >= 0.6 is 46.4 Å². The van der Waals surface area contributed by atoms with Gasteiger partial charge in [0.2, 0.25) is 0 Å². The average Bonchev–Trinajstić information content (AvgIpc) is 2.59. The molecule has 0 radical (unpaired) electrons. The number of nitrogens with one attached hydrogen (secondary N) is 2. The van der Waals surface area contributed by atoms with E-state index < -0.39 is 35.0 Å². The van der Waals surface area contributed by atoms with Crippen molar-refractivity contribution in [2.24, 2.45) is 0 Å². The third-order valence-electron chi connectivity index (χ3n) is 3.32. The molecular weight excluding hydrogens is 470 g/mol. The highest BCUT2D eigenvalue weighted by atomic mass is 35.5. The lowest BCUT2D eigenvalue weighted by molar-refractivity contribution is -0.204. The van der Waals surface area contributed by atoms with Crippen LogP contribution in [0.4, 0.5) is 28.9 Å². The second-order valence-electron chi connectivity index (χ2n) is 5.31. The molecule has 0 spiro atoms. The van der Waals surface area contributed by atoms with E-state index in [1.54, 1.807) is 0 Å². The van der Waals surface area contributed by atoms with Gasteiger partial charge in [-0.3, -0.25) is 9.59 Å². The molecule has 0 saturated carbocycles. The first-order chi connectivity index (χ1) is 12.9. The topological polar surface area (TPSA) is 58.2 Å². The zero-order valence-corrected chi connectivity index (χ0v) is 16.3. The number of hydrogen-bond donors (Lipinski definition) is 2. The molecule has 28 heavy (non-hydrogen) atoms. The van der Waals surface area contributed by atoms with E-state index in [1.807, 2.05) is 0 Å². The van der Waals surface area contributed by atoms with Gasteiger partial charge in [-0.25, -0.2) is 0 Å². The highest BCUT2D eigenvalue weighted by Crippen LogP contribution is 2.38. The molecule has 0 fully saturated rings. The number of halogens is 8. The third kappa shape index (κ3) is 4.63. The van der Waals surface area contributed by atoms with Crippen LogP contribution in [-0.4, -0.2) is 23.7 Å². The van der Waals surface area contributed by atoms with E-state index >= 15 is 0 Å². The van der Waals surface area contributed by atoms with E-state index in [0.717, 1.165) is 24.3 Å². The van der Waals surface area contributed by atoms with Crippen LogP contribution in [0.15, 0.2) is 36.4 Å². The maximum absolute atomic E-state index is 14.1. The normalized spacial score (nSPS) is 11.9. The van der Waals surface area contributed by atoms with Crippen molar-refractivity contribution >= 4 is 69.6 Å². The van der Waals surface area contributed by atoms with E-state index in [1.165, 1.54) is 22.8 Å². The van der Waals surface area contributed by atoms with Gasteiger partial charge >= 0.3 is 23.7 Å². The second kappa shape index (κ2) is 8.32. The Bertz CT molecular complexity index is 865. The SMILES string of the molecule is O=C(Nc1ccc(Cl)cc1Cl)C(F)(F)C(F)(F)C(=O)Nc1ccc(Cl)cc1Cl. The van der Waals surface area contributed by atoms with Crippen molar-refractivity contribution in [2.45, 2.75) is 11.8 Å². The number of carbonyl (C=O) groups excluding carboxylic acids is 2. The van der Waals surface area contributed by atoms with Crippen molar-refractivity contribution in [3.8, 4) is 0 Å². The fraction of sp³-hybridized carbons (Fsp3) is 0.125. The maximum atomic E-state index is 14.1. The number of rotatable bonds is 5. The molecule has 0 atom stereocenters. The van der Waals surface area contributed by atoms with Gasteiger partial charge in [-0.2, -0.15) is 17.6 Å². The summed E-state index contributed by atoms with van der Waals surface area (Å²) in [4.78, 5) is 23.5. The van der Waals surface area contributed by atoms with Gasteiger partial charge < -0.3 is 10.6 Å². The predicted octanol–water partition coefficient (Wildman–Crippen LogP) is 6.15. The van der Waals surface area contributed by atoms with E-state index in [9.17, 15) is 27.2 Å². The van der Waals surface area contributed by atoms with Crippen molar-refractivity contribution in [3.63, 3.8) is 0 Å². The smallest absolute Gasteiger partial charge is 0.319 e. The molecule has 2 aromatic rings. The molecule has 0 aromatic heterocycles. The Kier molecular flexibility index (Phi) is 6.70. The van der Waals surface area contributed by atoms with Crippen LogP contribution in [0.3, 0.4) is 0 Å². The lowest BCUT2D eigenvalue weighted by atomic mass is 10.1. The second-order valence-corrected chi connectivity index (χ2v) is 6.99. The summed E-state index contributed by atoms with van der Waals surface area (Å²) < 4.78 is 56.3. The maximum Gasteiger partial charge on any atom is 0.396 e. The summed E-state index contributed by atoms with van der Waals surface area (Å²) in [6.07, 6.45) is 0. The van der Waals surface area contributed by atoms with Gasteiger partial charge in [0.05, 0.1) is 21.4 Å². The summed E-state index contributed by atoms with van der Waals surface area (Å²) in [6, 6.07) is 6.65. The van der Waals surface area contributed by atoms with E-state index in [2.05, 4.69) is 0 Å². The molecular formula is C16H8Cl4F4N2O2. The molecule has 4 nitrogen and oxygen atoms in total. The lowest BCUT2D eigenvalue weighted by Crippen LogP contribution is -2.56. The Hall–Kier alpha value is -1.74. The van der Waals surface area contributed by atoms with Crippen molar-refractivity contribution in [2.75, 3.05) is 10.6 Å². The summed E-state index contributed by atoms with van der Waals surface area (Å²) in [5, 5.41) is 2.79. The number of anilines is 2. The van der Waals surface area contributed by atoms with Crippen molar-refractivity contribution in [1.82, 2.24) is 0 Å². The van der Waals surface area contributed by atoms with Crippen molar-refractivity contribution in [3.05, 3.63) is 56.5 Å². The molecule has 0 aliphatic carbocycles. The summed E-state index contributed by atoms with van der Waals surface area (Å²) in [6.45, 7) is 0. The van der Waals surface area contributed by atoms with Crippen LogP contribution in [0.2, 0.25) is 20.1 Å². The van der Waals surface area contributed by atoms with Gasteiger partial charge in [0.1, 0.15) is 0 Å². The number of benzene rings is 2. The Morgan fingerprint density at radius 2 is 1.00 bits per heavy atom. The molecule has 0 aliphatic heterocycles. The predicted molar refractivity (Wildman–Crippen MR) is 100 cm³/mol. The Morgan fingerprint density at radius 3 is 1.29 bits per heavy atom. The average molecular weight is 478 g/mol. The zero-order chi connectivity index (χ0) is 21.3. The van der Waals surface area contributed by atoms with Gasteiger partial charge in [-0.15, -0.1) is 0 Å². The van der Waals surface area contributed by atoms with Gasteiger partial charge in [-0.1, -0.05) is 46.4 Å². The molecule has 2 N–H and O–H groups in total. The minimum absolute atomic E-state index is 0.124. The monoisotopic (exact) mass is 476 g/mol. The number of hydrogen-bond acceptors (Lipinski definition) is 2. The zero-order valence-electron chi connectivity index (χ0n) is 13.3. The van der Waals surface area contributed by atoms with Gasteiger partial charge in [0.15, 0.2) is 0 Å². The van der Waals surface area contributed by atoms with Crippen LogP contribution in [0.25, 0.3) is 0 Å². The minimum Gasteiger partial charge on any atom is -0.319 e. The fourth-order valence-electron chi connectivity index (χ4n) is 1.87. The Morgan fingerprint density at radius 1 is 0.679 bits per heavy atom. The fourth-order valence-corrected chi connectivity index (χ4v) is 2.78. The highest BCUT2D eigenvalue weighted by molar-refractivity contribution is 6.37. The van der Waals surface area contributed by atoms with Gasteiger partial charge in [0, 0.05) is 10.0 Å². The van der Waals surface area contributed by atoms with Gasteiger partial charge in [-0.05, 0) is 36.4 Å². The molecule has 0 heterocycles. The first-order valence-corrected chi connectivity index (χ1v) is 8.66. The first kappa shape index (κ1) is 22.5. The minimum atomic E-state index is -5.42. The number of alkyl halides is 4. The van der Waals surface area contributed by atoms with Crippen LogP contribution in [0.5, 0.6) is 0 Å². The number of amides is 2. The van der Waals surface area contributed by atoms with Crippen molar-refractivity contribution in [1.29, 1.82) is 0 Å². The van der Waals surface area contributed by atoms with Crippen LogP contribution in [0.1, 0.15) is 0 Å². The molecule has 150 valence electrons. The van der Waals surface area contributed by atoms with Gasteiger partial charge in [0.25, 0.3) is 0 Å². The van der Waals surface area contributed by atoms with E-state index in [0.29, 0.717) is 0 Å². The van der Waals surface area contributed by atoms with Crippen LogP contribution in [-0.2, 0) is 9.59 Å². The Balaban J connectivity index is 2.23. The van der Waals surface area contributed by atoms with Crippen LogP contribution in [0, 0.1) is 0 Å². The first-order valence-electron chi connectivity index (χ1n) is 7.15. The summed E-state index contributed by atoms with van der Waals surface area (Å²) >= 11 is 22.6. The molecule has 0 saturated heterocycles. The molecule has 2 amide bonds. The molecule has 2 aromatic carbocycles. The Labute approximate surface area is 175 Å². The van der Waals surface area contributed by atoms with Crippen molar-refractivity contribution < 1.29 is 27.2 Å². The molecule has 12 heteroatoms. The van der Waals surface area contributed by atoms with E-state index in [-0.39, 0.29) is 20.1 Å². The van der Waals surface area contributed by atoms with Crippen LogP contribution < -0.4 is 10.6 Å². The molecule has 2 rings (SSSR count). The van der Waals surface area contributed by atoms with E-state index in [4.69, 9.17) is 46.4 Å². The summed E-state index contributed by atoms with van der Waals surface area (Å²) in [5.41, 5.74) is -0.791. The molecule has 0 aliphatic rings. The third-order valence-corrected chi connectivity index (χ3v) is 4.42. The lowest BCUT2D eigenvalue weighted by Gasteiger charge is -2.25. The quantitative estimate of drug-likeness (QED) is 0.507. The highest BCUT2D eigenvalue weighted by Gasteiger charge is 2.67. The summed E-state index contributed by atoms with van der Waals surface area (Å²) in [7, 11) is 0. The molecule has 0 unspecified atom stereocenters.